The van der Waals surface area contributed by atoms with E-state index in [9.17, 15) is 4.79 Å². The summed E-state index contributed by atoms with van der Waals surface area (Å²) in [7, 11) is 1.73. The lowest BCUT2D eigenvalue weighted by Crippen LogP contribution is -2.30. The second kappa shape index (κ2) is 4.09. The molecule has 0 aliphatic heterocycles. The Bertz CT molecular complexity index is 316. The molecule has 0 spiro atoms. The van der Waals surface area contributed by atoms with Crippen LogP contribution in [0.4, 0.5) is 5.82 Å². The number of hydrogen-bond acceptors (Lipinski definition) is 3. The van der Waals surface area contributed by atoms with Crippen LogP contribution in [0.2, 0.25) is 5.15 Å². The molecule has 0 unspecified atom stereocenters. The summed E-state index contributed by atoms with van der Waals surface area (Å²) in [5, 5.41) is 0.397. The Morgan fingerprint density at radius 2 is 2.38 bits per heavy atom. The maximum absolute atomic E-state index is 10.6. The molecule has 0 aliphatic rings. The number of pyridine rings is 1. The first-order valence-electron chi connectivity index (χ1n) is 3.71. The van der Waals surface area contributed by atoms with Crippen molar-refractivity contribution in [2.75, 3.05) is 18.5 Å². The molecule has 5 heteroatoms. The van der Waals surface area contributed by atoms with Gasteiger partial charge in [-0.25, -0.2) is 4.98 Å². The van der Waals surface area contributed by atoms with Crippen LogP contribution < -0.4 is 10.6 Å². The predicted octanol–water partition coefficient (Wildman–Crippen LogP) is 0.656. The molecular weight excluding hydrogens is 190 g/mol. The van der Waals surface area contributed by atoms with Gasteiger partial charge in [0, 0.05) is 7.05 Å². The number of aromatic nitrogens is 1. The van der Waals surface area contributed by atoms with E-state index >= 15 is 0 Å². The zero-order valence-corrected chi connectivity index (χ0v) is 7.95. The minimum atomic E-state index is -0.399. The summed E-state index contributed by atoms with van der Waals surface area (Å²) in [4.78, 5) is 16.2. The van der Waals surface area contributed by atoms with E-state index in [0.29, 0.717) is 11.0 Å². The van der Waals surface area contributed by atoms with Gasteiger partial charge in [0.05, 0.1) is 6.54 Å². The number of nitrogens with zero attached hydrogens (tertiary/aromatic N) is 2. The molecule has 13 heavy (non-hydrogen) atoms. The Labute approximate surface area is 81.3 Å². The van der Waals surface area contributed by atoms with Crippen molar-refractivity contribution in [3.05, 3.63) is 23.4 Å². The molecule has 0 atom stereocenters. The lowest BCUT2D eigenvalue weighted by atomic mass is 10.4. The number of likely N-dealkylation sites (N-methyl/N-ethyl adjacent to an activating group) is 1. The average molecular weight is 200 g/mol. The van der Waals surface area contributed by atoms with Crippen LogP contribution in [0.1, 0.15) is 0 Å². The van der Waals surface area contributed by atoms with Gasteiger partial charge in [0.1, 0.15) is 11.0 Å². The van der Waals surface area contributed by atoms with Crippen LogP contribution in [-0.2, 0) is 4.79 Å². The molecule has 1 heterocycles. The van der Waals surface area contributed by atoms with Crippen LogP contribution in [-0.4, -0.2) is 24.5 Å². The monoisotopic (exact) mass is 199 g/mol. The van der Waals surface area contributed by atoms with Gasteiger partial charge in [-0.1, -0.05) is 17.7 Å². The third-order valence-electron chi connectivity index (χ3n) is 1.48. The van der Waals surface area contributed by atoms with E-state index in [1.165, 1.54) is 0 Å². The Hall–Kier alpha value is -1.29. The largest absolute Gasteiger partial charge is 0.368 e. The molecule has 1 amide bonds. The minimum Gasteiger partial charge on any atom is -0.368 e. The summed E-state index contributed by atoms with van der Waals surface area (Å²) in [5.74, 6) is 0.232. The number of anilines is 1. The summed E-state index contributed by atoms with van der Waals surface area (Å²) in [6, 6.07) is 5.19. The van der Waals surface area contributed by atoms with E-state index in [0.717, 1.165) is 0 Å². The fraction of sp³-hybridized carbons (Fsp3) is 0.250. The lowest BCUT2D eigenvalue weighted by Gasteiger charge is -2.15. The molecule has 1 aromatic rings. The van der Waals surface area contributed by atoms with Crippen molar-refractivity contribution >= 4 is 23.3 Å². The highest BCUT2D eigenvalue weighted by atomic mass is 35.5. The number of nitrogens with two attached hydrogens (primary N) is 1. The fourth-order valence-corrected chi connectivity index (χ4v) is 1.08. The normalized spacial score (nSPS) is 9.69. The lowest BCUT2D eigenvalue weighted by molar-refractivity contribution is -0.116. The number of rotatable bonds is 3. The van der Waals surface area contributed by atoms with Crippen molar-refractivity contribution in [2.24, 2.45) is 5.73 Å². The van der Waals surface area contributed by atoms with Crippen LogP contribution in [0.15, 0.2) is 18.2 Å². The zero-order valence-electron chi connectivity index (χ0n) is 7.20. The van der Waals surface area contributed by atoms with Gasteiger partial charge in [0.2, 0.25) is 5.91 Å². The molecule has 2 N–H and O–H groups in total. The molecule has 1 aromatic heterocycles. The molecule has 0 bridgehead atoms. The van der Waals surface area contributed by atoms with Crippen molar-refractivity contribution in [3.63, 3.8) is 0 Å². The van der Waals surface area contributed by atoms with Crippen LogP contribution >= 0.6 is 11.6 Å². The summed E-state index contributed by atoms with van der Waals surface area (Å²) in [6.07, 6.45) is 0. The Kier molecular flexibility index (Phi) is 3.08. The van der Waals surface area contributed by atoms with Crippen molar-refractivity contribution in [1.82, 2.24) is 4.98 Å². The average Bonchev–Trinajstić information content (AvgIpc) is 2.03. The first-order valence-corrected chi connectivity index (χ1v) is 4.09. The topological polar surface area (TPSA) is 59.2 Å². The molecule has 0 aromatic carbocycles. The maximum Gasteiger partial charge on any atom is 0.236 e. The predicted molar refractivity (Wildman–Crippen MR) is 51.7 cm³/mol. The number of hydrogen-bond donors (Lipinski definition) is 1. The highest BCUT2D eigenvalue weighted by Crippen LogP contribution is 2.12. The molecule has 4 nitrogen and oxygen atoms in total. The van der Waals surface area contributed by atoms with Gasteiger partial charge >= 0.3 is 0 Å². The molecular formula is C8H10ClN3O. The number of carbonyl (C=O) groups excluding carboxylic acids is 1. The van der Waals surface area contributed by atoms with Gasteiger partial charge < -0.3 is 10.6 Å². The van der Waals surface area contributed by atoms with Crippen LogP contribution in [0.25, 0.3) is 0 Å². The third-order valence-corrected chi connectivity index (χ3v) is 1.70. The number of halogens is 1. The summed E-state index contributed by atoms with van der Waals surface area (Å²) in [6.45, 7) is 0.132. The van der Waals surface area contributed by atoms with Crippen LogP contribution in [0.3, 0.4) is 0 Å². The maximum atomic E-state index is 10.6. The Balaban J connectivity index is 2.76. The second-order valence-corrected chi connectivity index (χ2v) is 3.03. The highest BCUT2D eigenvalue weighted by Gasteiger charge is 2.04. The molecule has 0 saturated carbocycles. The fourth-order valence-electron chi connectivity index (χ4n) is 0.925. The van der Waals surface area contributed by atoms with E-state index in [4.69, 9.17) is 17.3 Å². The molecule has 70 valence electrons. The van der Waals surface area contributed by atoms with Crippen molar-refractivity contribution < 1.29 is 4.79 Å². The molecule has 0 radical (unpaired) electrons. The Morgan fingerprint density at radius 1 is 1.69 bits per heavy atom. The van der Waals surface area contributed by atoms with Gasteiger partial charge in [-0.15, -0.1) is 0 Å². The summed E-state index contributed by atoms with van der Waals surface area (Å²) in [5.41, 5.74) is 5.03. The number of amides is 1. The minimum absolute atomic E-state index is 0.132. The number of primary amides is 1. The quantitative estimate of drug-likeness (QED) is 0.728. The van der Waals surface area contributed by atoms with Crippen LogP contribution in [0, 0.1) is 0 Å². The van der Waals surface area contributed by atoms with E-state index in [1.54, 1.807) is 30.1 Å². The van der Waals surface area contributed by atoms with Crippen molar-refractivity contribution in [2.45, 2.75) is 0 Å². The molecule has 0 fully saturated rings. The van der Waals surface area contributed by atoms with E-state index < -0.39 is 5.91 Å². The summed E-state index contributed by atoms with van der Waals surface area (Å²) >= 11 is 5.67. The van der Waals surface area contributed by atoms with Gasteiger partial charge in [-0.05, 0) is 12.1 Å². The third kappa shape index (κ3) is 2.91. The van der Waals surface area contributed by atoms with Crippen molar-refractivity contribution in [1.29, 1.82) is 0 Å². The molecule has 1 rings (SSSR count). The molecule has 0 aliphatic carbocycles. The highest BCUT2D eigenvalue weighted by molar-refractivity contribution is 6.29. The molecule has 0 saturated heterocycles. The summed E-state index contributed by atoms with van der Waals surface area (Å²) < 4.78 is 0. The Morgan fingerprint density at radius 3 is 2.92 bits per heavy atom. The second-order valence-electron chi connectivity index (χ2n) is 2.64. The first kappa shape index (κ1) is 9.80. The van der Waals surface area contributed by atoms with Crippen molar-refractivity contribution in [3.8, 4) is 0 Å². The van der Waals surface area contributed by atoms with Gasteiger partial charge in [0.15, 0.2) is 0 Å². The van der Waals surface area contributed by atoms with E-state index in [2.05, 4.69) is 4.98 Å². The zero-order chi connectivity index (χ0) is 9.84. The SMILES string of the molecule is CN(CC(N)=O)c1cccc(Cl)n1. The first-order chi connectivity index (χ1) is 6.09. The smallest absolute Gasteiger partial charge is 0.236 e. The van der Waals surface area contributed by atoms with Gasteiger partial charge in [-0.3, -0.25) is 4.79 Å². The standard InChI is InChI=1S/C8H10ClN3O/c1-12(5-7(10)13)8-4-2-3-6(9)11-8/h2-4H,5H2,1H3,(H2,10,13). The van der Waals surface area contributed by atoms with Crippen LogP contribution in [0.5, 0.6) is 0 Å². The van der Waals surface area contributed by atoms with E-state index in [-0.39, 0.29) is 6.54 Å². The van der Waals surface area contributed by atoms with Gasteiger partial charge in [-0.2, -0.15) is 0 Å². The van der Waals surface area contributed by atoms with Gasteiger partial charge in [0.25, 0.3) is 0 Å². The number of carbonyl (C=O) groups is 1. The van der Waals surface area contributed by atoms with E-state index in [1.807, 2.05) is 0 Å².